The molecule has 0 fully saturated rings. The van der Waals surface area contributed by atoms with Crippen molar-refractivity contribution in [3.8, 4) is 11.5 Å². The maximum Gasteiger partial charge on any atom is 0.231 e. The Kier molecular flexibility index (Phi) is 4.24. The molecule has 5 heteroatoms. The minimum absolute atomic E-state index is 0.317. The molecule has 0 saturated carbocycles. The van der Waals surface area contributed by atoms with E-state index in [-0.39, 0.29) is 0 Å². The molecular formula is C22H21NO3S. The van der Waals surface area contributed by atoms with Crippen molar-refractivity contribution in [2.75, 3.05) is 18.2 Å². The Hall–Kier alpha value is -2.53. The Balaban J connectivity index is 1.47. The molecule has 0 amide bonds. The van der Waals surface area contributed by atoms with Crippen LogP contribution in [0.15, 0.2) is 64.3 Å². The molecule has 1 atom stereocenters. The van der Waals surface area contributed by atoms with Gasteiger partial charge in [-0.15, -0.1) is 11.8 Å². The number of anilines is 1. The van der Waals surface area contributed by atoms with Gasteiger partial charge in [-0.25, -0.2) is 0 Å². The van der Waals surface area contributed by atoms with Gasteiger partial charge in [-0.05, 0) is 54.8 Å². The Labute approximate surface area is 163 Å². The molecule has 1 unspecified atom stereocenters. The highest BCUT2D eigenvalue weighted by molar-refractivity contribution is 7.99. The maximum absolute atomic E-state index is 5.59. The highest BCUT2D eigenvalue weighted by Gasteiger charge is 2.25. The molecule has 2 aromatic carbocycles. The zero-order valence-electron chi connectivity index (χ0n) is 15.2. The molecule has 0 aliphatic carbocycles. The summed E-state index contributed by atoms with van der Waals surface area (Å²) in [6, 6.07) is 15.1. The van der Waals surface area contributed by atoms with E-state index in [1.165, 1.54) is 27.3 Å². The van der Waals surface area contributed by atoms with Crippen LogP contribution in [0, 0.1) is 6.92 Å². The fourth-order valence-corrected chi connectivity index (χ4v) is 5.08. The van der Waals surface area contributed by atoms with Crippen LogP contribution in [0.25, 0.3) is 0 Å². The second kappa shape index (κ2) is 6.89. The fourth-order valence-electron chi connectivity index (χ4n) is 3.70. The molecule has 1 aromatic heterocycles. The van der Waals surface area contributed by atoms with Crippen LogP contribution in [-0.4, -0.2) is 13.3 Å². The minimum Gasteiger partial charge on any atom is -0.472 e. The number of rotatable bonds is 3. The van der Waals surface area contributed by atoms with E-state index in [0.717, 1.165) is 31.0 Å². The largest absolute Gasteiger partial charge is 0.472 e. The van der Waals surface area contributed by atoms with Gasteiger partial charge in [-0.3, -0.25) is 0 Å². The summed E-state index contributed by atoms with van der Waals surface area (Å²) >= 11 is 1.95. The SMILES string of the molecule is Cc1ccc2c(c1)SC(c1ccc3c(c1)OCO3)CCN2Cc1ccoc1. The molecule has 0 bridgehead atoms. The number of ether oxygens (including phenoxy) is 2. The topological polar surface area (TPSA) is 34.8 Å². The van der Waals surface area contributed by atoms with Gasteiger partial charge in [-0.1, -0.05) is 12.1 Å². The predicted molar refractivity (Wildman–Crippen MR) is 107 cm³/mol. The van der Waals surface area contributed by atoms with Crippen LogP contribution in [0.1, 0.15) is 28.4 Å². The van der Waals surface area contributed by atoms with E-state index in [1.54, 1.807) is 6.26 Å². The van der Waals surface area contributed by atoms with Gasteiger partial charge < -0.3 is 18.8 Å². The summed E-state index contributed by atoms with van der Waals surface area (Å²) in [7, 11) is 0. The third-order valence-corrected chi connectivity index (χ3v) is 6.48. The summed E-state index contributed by atoms with van der Waals surface area (Å²) in [5, 5.41) is 0.384. The summed E-state index contributed by atoms with van der Waals surface area (Å²) < 4.78 is 16.3. The average molecular weight is 379 g/mol. The molecule has 3 aromatic rings. The lowest BCUT2D eigenvalue weighted by atomic mass is 10.1. The number of aryl methyl sites for hydroxylation is 1. The quantitative estimate of drug-likeness (QED) is 0.595. The molecule has 0 saturated heterocycles. The van der Waals surface area contributed by atoms with Crippen LogP contribution in [0.2, 0.25) is 0 Å². The number of thioether (sulfide) groups is 1. The minimum atomic E-state index is 0.317. The van der Waals surface area contributed by atoms with Gasteiger partial charge in [0.15, 0.2) is 11.5 Å². The molecule has 3 heterocycles. The van der Waals surface area contributed by atoms with Crippen LogP contribution in [0.4, 0.5) is 5.69 Å². The summed E-state index contributed by atoms with van der Waals surface area (Å²) in [4.78, 5) is 3.79. The molecule has 27 heavy (non-hydrogen) atoms. The van der Waals surface area contributed by atoms with Gasteiger partial charge in [-0.2, -0.15) is 0 Å². The zero-order chi connectivity index (χ0) is 18.2. The standard InChI is InChI=1S/C22H21NO3S/c1-15-2-4-18-22(10-15)27-21(6-8-23(18)12-16-7-9-24-13-16)17-3-5-19-20(11-17)26-14-25-19/h2-5,7,9-11,13,21H,6,8,12,14H2,1H3. The molecule has 0 spiro atoms. The van der Waals surface area contributed by atoms with Crippen LogP contribution < -0.4 is 14.4 Å². The summed E-state index contributed by atoms with van der Waals surface area (Å²) in [5.41, 5.74) is 5.08. The average Bonchev–Trinajstić information content (AvgIpc) is 3.32. The summed E-state index contributed by atoms with van der Waals surface area (Å²) in [6.07, 6.45) is 4.64. The first kappa shape index (κ1) is 16.6. The number of nitrogens with zero attached hydrogens (tertiary/aromatic N) is 1. The van der Waals surface area contributed by atoms with Gasteiger partial charge in [0.05, 0.1) is 18.2 Å². The van der Waals surface area contributed by atoms with Crippen LogP contribution >= 0.6 is 11.8 Å². The molecular weight excluding hydrogens is 358 g/mol. The molecule has 0 radical (unpaired) electrons. The summed E-state index contributed by atoms with van der Waals surface area (Å²) in [5.74, 6) is 1.70. The van der Waals surface area contributed by atoms with Crippen molar-refractivity contribution in [1.82, 2.24) is 0 Å². The monoisotopic (exact) mass is 379 g/mol. The van der Waals surface area contributed by atoms with Crippen molar-refractivity contribution in [1.29, 1.82) is 0 Å². The van der Waals surface area contributed by atoms with Crippen molar-refractivity contribution in [2.45, 2.75) is 30.0 Å². The second-order valence-electron chi connectivity index (χ2n) is 7.03. The predicted octanol–water partition coefficient (Wildman–Crippen LogP) is 5.56. The number of benzene rings is 2. The Morgan fingerprint density at radius 1 is 1.07 bits per heavy atom. The lowest BCUT2D eigenvalue weighted by Gasteiger charge is -2.24. The van der Waals surface area contributed by atoms with Crippen molar-refractivity contribution in [3.05, 3.63) is 71.7 Å². The Bertz CT molecular complexity index is 954. The van der Waals surface area contributed by atoms with Gasteiger partial charge >= 0.3 is 0 Å². The number of furan rings is 1. The zero-order valence-corrected chi connectivity index (χ0v) is 16.0. The van der Waals surface area contributed by atoms with Crippen LogP contribution in [0.5, 0.6) is 11.5 Å². The highest BCUT2D eigenvalue weighted by Crippen LogP contribution is 2.47. The van der Waals surface area contributed by atoms with Crippen molar-refractivity contribution in [2.24, 2.45) is 0 Å². The number of hydrogen-bond donors (Lipinski definition) is 0. The van der Waals surface area contributed by atoms with Gasteiger partial charge in [0.1, 0.15) is 0 Å². The van der Waals surface area contributed by atoms with Crippen LogP contribution in [-0.2, 0) is 6.54 Å². The van der Waals surface area contributed by atoms with E-state index in [4.69, 9.17) is 13.9 Å². The number of fused-ring (bicyclic) bond motifs is 2. The molecule has 2 aliphatic rings. The Morgan fingerprint density at radius 2 is 2.00 bits per heavy atom. The lowest BCUT2D eigenvalue weighted by molar-refractivity contribution is 0.174. The van der Waals surface area contributed by atoms with Gasteiger partial charge in [0.2, 0.25) is 6.79 Å². The third kappa shape index (κ3) is 3.28. The fraction of sp³-hybridized carbons (Fsp3) is 0.273. The first-order valence-electron chi connectivity index (χ1n) is 9.19. The first-order valence-corrected chi connectivity index (χ1v) is 10.1. The Morgan fingerprint density at radius 3 is 2.89 bits per heavy atom. The highest BCUT2D eigenvalue weighted by atomic mass is 32.2. The first-order chi connectivity index (χ1) is 13.3. The molecule has 0 N–H and O–H groups in total. The van der Waals surface area contributed by atoms with E-state index in [0.29, 0.717) is 12.0 Å². The molecule has 5 rings (SSSR count). The molecule has 2 aliphatic heterocycles. The number of hydrogen-bond acceptors (Lipinski definition) is 5. The van der Waals surface area contributed by atoms with Crippen molar-refractivity contribution < 1.29 is 13.9 Å². The van der Waals surface area contributed by atoms with E-state index >= 15 is 0 Å². The molecule has 4 nitrogen and oxygen atoms in total. The normalized spacial score (nSPS) is 18.3. The van der Waals surface area contributed by atoms with Gasteiger partial charge in [0, 0.05) is 28.8 Å². The third-order valence-electron chi connectivity index (χ3n) is 5.11. The smallest absolute Gasteiger partial charge is 0.231 e. The van der Waals surface area contributed by atoms with E-state index in [9.17, 15) is 0 Å². The van der Waals surface area contributed by atoms with Crippen molar-refractivity contribution >= 4 is 17.4 Å². The molecule has 138 valence electrons. The van der Waals surface area contributed by atoms with Gasteiger partial charge in [0.25, 0.3) is 0 Å². The maximum atomic E-state index is 5.59. The van der Waals surface area contributed by atoms with E-state index in [2.05, 4.69) is 42.2 Å². The van der Waals surface area contributed by atoms with E-state index in [1.807, 2.05) is 30.2 Å². The van der Waals surface area contributed by atoms with Crippen LogP contribution in [0.3, 0.4) is 0 Å². The van der Waals surface area contributed by atoms with Crippen molar-refractivity contribution in [3.63, 3.8) is 0 Å². The summed E-state index contributed by atoms with van der Waals surface area (Å²) in [6.45, 7) is 4.33. The lowest BCUT2D eigenvalue weighted by Crippen LogP contribution is -2.23. The second-order valence-corrected chi connectivity index (χ2v) is 8.28. The van der Waals surface area contributed by atoms with E-state index < -0.39 is 0 Å².